The number of carbonyl (C=O) groups excluding carboxylic acids is 4. The fourth-order valence-electron chi connectivity index (χ4n) is 8.70. The summed E-state index contributed by atoms with van der Waals surface area (Å²) in [7, 11) is 3.85. The van der Waals surface area contributed by atoms with Gasteiger partial charge < -0.3 is 23.8 Å². The summed E-state index contributed by atoms with van der Waals surface area (Å²) in [6.45, 7) is 13.4. The van der Waals surface area contributed by atoms with E-state index in [0.29, 0.717) is 52.1 Å². The van der Waals surface area contributed by atoms with Crippen LogP contribution in [-0.2, 0) is 38.1 Å². The summed E-state index contributed by atoms with van der Waals surface area (Å²) in [5.74, 6) is -0.689. The molecule has 2 atom stereocenters. The van der Waals surface area contributed by atoms with E-state index < -0.39 is 11.5 Å². The summed E-state index contributed by atoms with van der Waals surface area (Å²) in [4.78, 5) is 55.8. The minimum absolute atomic E-state index is 0.0229. The predicted octanol–water partition coefficient (Wildman–Crippen LogP) is 13.5. The normalized spacial score (nSPS) is 15.6. The number of rotatable bonds is 44. The molecule has 0 saturated carbocycles. The van der Waals surface area contributed by atoms with E-state index in [1.54, 1.807) is 0 Å². The van der Waals surface area contributed by atoms with E-state index in [1.165, 1.54) is 109 Å². The fourth-order valence-corrected chi connectivity index (χ4v) is 8.70. The maximum absolute atomic E-state index is 13.4. The van der Waals surface area contributed by atoms with Crippen molar-refractivity contribution in [3.05, 3.63) is 0 Å². The highest BCUT2D eigenvalue weighted by Crippen LogP contribution is 2.29. The predicted molar refractivity (Wildman–Crippen MR) is 263 cm³/mol. The zero-order chi connectivity index (χ0) is 47.1. The Morgan fingerprint density at radius 3 is 1.61 bits per heavy atom. The molecule has 0 aliphatic carbocycles. The van der Waals surface area contributed by atoms with E-state index in [-0.39, 0.29) is 36.1 Å². The average molecular weight is 907 g/mol. The standard InChI is InChI=1S/C54H102N2O8/c1-8-11-14-17-20-21-22-26-34-43-61-50(57)38-31-28-33-41-56-46-48(63-51(58)39-42-55(6)7)45-49(56)52(59)62-44-35-27-25-32-40-54(4,5)53(60)64-47(36-29-23-18-15-12-9-2)37-30-24-19-16-13-10-3/h47-49H,8-46H2,1-7H3/t48-,49-/m0/s1. The molecule has 0 aromatic heterocycles. The van der Waals surface area contributed by atoms with Gasteiger partial charge in [0.2, 0.25) is 0 Å². The molecule has 0 bridgehead atoms. The lowest BCUT2D eigenvalue weighted by Crippen LogP contribution is -2.38. The lowest BCUT2D eigenvalue weighted by atomic mass is 9.86. The van der Waals surface area contributed by atoms with E-state index in [4.69, 9.17) is 18.9 Å². The molecule has 1 saturated heterocycles. The topological polar surface area (TPSA) is 112 Å². The van der Waals surface area contributed by atoms with Crippen LogP contribution in [0, 0.1) is 5.41 Å². The minimum atomic E-state index is -0.527. The Balaban J connectivity index is 2.48. The van der Waals surface area contributed by atoms with Gasteiger partial charge in [-0.15, -0.1) is 0 Å². The molecule has 1 heterocycles. The zero-order valence-electron chi connectivity index (χ0n) is 43.0. The lowest BCUT2D eigenvalue weighted by Gasteiger charge is -2.27. The maximum atomic E-state index is 13.4. The van der Waals surface area contributed by atoms with E-state index in [0.717, 1.165) is 89.9 Å². The Hall–Kier alpha value is -2.20. The number of likely N-dealkylation sites (tertiary alicyclic amines) is 1. The van der Waals surface area contributed by atoms with Crippen molar-refractivity contribution in [2.24, 2.45) is 5.41 Å². The van der Waals surface area contributed by atoms with Crippen molar-refractivity contribution in [3.63, 3.8) is 0 Å². The van der Waals surface area contributed by atoms with E-state index in [2.05, 4.69) is 25.7 Å². The van der Waals surface area contributed by atoms with Crippen LogP contribution in [0.25, 0.3) is 0 Å². The highest BCUT2D eigenvalue weighted by atomic mass is 16.6. The van der Waals surface area contributed by atoms with Crippen LogP contribution in [0.3, 0.4) is 0 Å². The molecule has 10 heteroatoms. The largest absolute Gasteiger partial charge is 0.466 e. The van der Waals surface area contributed by atoms with Gasteiger partial charge in [-0.2, -0.15) is 0 Å². The second kappa shape index (κ2) is 39.9. The molecular formula is C54H102N2O8. The fraction of sp³-hybridized carbons (Fsp3) is 0.926. The van der Waals surface area contributed by atoms with Gasteiger partial charge in [-0.05, 0) is 92.3 Å². The second-order valence-corrected chi connectivity index (χ2v) is 20.1. The number of hydrogen-bond donors (Lipinski definition) is 0. The van der Waals surface area contributed by atoms with Crippen LogP contribution < -0.4 is 0 Å². The Morgan fingerprint density at radius 2 is 1.06 bits per heavy atom. The van der Waals surface area contributed by atoms with Gasteiger partial charge in [-0.3, -0.25) is 24.1 Å². The second-order valence-electron chi connectivity index (χ2n) is 20.1. The molecule has 0 aromatic carbocycles. The molecule has 0 radical (unpaired) electrons. The van der Waals surface area contributed by atoms with Crippen LogP contribution in [0.2, 0.25) is 0 Å². The molecule has 0 unspecified atom stereocenters. The average Bonchev–Trinajstić information content (AvgIpc) is 3.67. The highest BCUT2D eigenvalue weighted by Gasteiger charge is 2.39. The monoisotopic (exact) mass is 907 g/mol. The van der Waals surface area contributed by atoms with Crippen LogP contribution in [0.15, 0.2) is 0 Å². The number of carbonyl (C=O) groups is 4. The van der Waals surface area contributed by atoms with Gasteiger partial charge in [-0.1, -0.05) is 162 Å². The van der Waals surface area contributed by atoms with E-state index in [1.807, 2.05) is 32.8 Å². The van der Waals surface area contributed by atoms with Gasteiger partial charge in [0.25, 0.3) is 0 Å². The molecule has 1 fully saturated rings. The zero-order valence-corrected chi connectivity index (χ0v) is 43.0. The quantitative estimate of drug-likeness (QED) is 0.0333. The van der Waals surface area contributed by atoms with Crippen molar-refractivity contribution in [1.82, 2.24) is 9.80 Å². The number of unbranched alkanes of at least 4 members (excludes halogenated alkanes) is 23. The first-order valence-corrected chi connectivity index (χ1v) is 27.0. The maximum Gasteiger partial charge on any atom is 0.323 e. The van der Waals surface area contributed by atoms with Crippen LogP contribution in [-0.4, -0.2) is 98.9 Å². The minimum Gasteiger partial charge on any atom is -0.466 e. The summed E-state index contributed by atoms with van der Waals surface area (Å²) in [5.41, 5.74) is -0.527. The third kappa shape index (κ3) is 32.5. The molecule has 0 aromatic rings. The Morgan fingerprint density at radius 1 is 0.578 bits per heavy atom. The first-order valence-electron chi connectivity index (χ1n) is 27.0. The van der Waals surface area contributed by atoms with Crippen molar-refractivity contribution >= 4 is 23.9 Å². The van der Waals surface area contributed by atoms with Crippen molar-refractivity contribution < 1.29 is 38.1 Å². The van der Waals surface area contributed by atoms with Gasteiger partial charge >= 0.3 is 23.9 Å². The molecule has 0 N–H and O–H groups in total. The van der Waals surface area contributed by atoms with Crippen molar-refractivity contribution in [1.29, 1.82) is 0 Å². The molecule has 1 aliphatic heterocycles. The molecular weight excluding hydrogens is 805 g/mol. The number of nitrogens with zero attached hydrogens (tertiary/aromatic N) is 2. The van der Waals surface area contributed by atoms with Gasteiger partial charge in [0, 0.05) is 25.9 Å². The Kier molecular flexibility index (Phi) is 37.3. The SMILES string of the molecule is CCCCCCCCCCCOC(=O)CCCCCN1C[C@@H](OC(=O)CCN(C)C)C[C@H]1C(=O)OCCCCCCC(C)(C)C(=O)OC(CCCCCCCC)CCCCCCCC. The Bertz CT molecular complexity index is 1150. The molecule has 1 aliphatic rings. The molecule has 10 nitrogen and oxygen atoms in total. The number of esters is 4. The van der Waals surface area contributed by atoms with Gasteiger partial charge in [-0.25, -0.2) is 0 Å². The smallest absolute Gasteiger partial charge is 0.323 e. The van der Waals surface area contributed by atoms with E-state index in [9.17, 15) is 19.2 Å². The third-order valence-corrected chi connectivity index (χ3v) is 13.1. The van der Waals surface area contributed by atoms with E-state index >= 15 is 0 Å². The molecule has 0 amide bonds. The molecule has 64 heavy (non-hydrogen) atoms. The van der Waals surface area contributed by atoms with Gasteiger partial charge in [0.05, 0.1) is 25.0 Å². The summed E-state index contributed by atoms with van der Waals surface area (Å²) in [6, 6.07) is -0.453. The van der Waals surface area contributed by atoms with Gasteiger partial charge in [0.15, 0.2) is 0 Å². The molecule has 1 rings (SSSR count). The van der Waals surface area contributed by atoms with Crippen molar-refractivity contribution in [3.8, 4) is 0 Å². The van der Waals surface area contributed by atoms with Crippen LogP contribution >= 0.6 is 0 Å². The van der Waals surface area contributed by atoms with Crippen molar-refractivity contribution in [2.75, 3.05) is 46.9 Å². The first kappa shape index (κ1) is 59.8. The van der Waals surface area contributed by atoms with Crippen LogP contribution in [0.4, 0.5) is 0 Å². The Labute approximate surface area is 394 Å². The van der Waals surface area contributed by atoms with Crippen molar-refractivity contribution in [2.45, 2.75) is 271 Å². The first-order chi connectivity index (χ1) is 30.9. The number of ether oxygens (including phenoxy) is 4. The summed E-state index contributed by atoms with van der Waals surface area (Å²) in [5, 5.41) is 0. The molecule has 376 valence electrons. The van der Waals surface area contributed by atoms with Gasteiger partial charge in [0.1, 0.15) is 18.2 Å². The summed E-state index contributed by atoms with van der Waals surface area (Å²) < 4.78 is 23.3. The summed E-state index contributed by atoms with van der Waals surface area (Å²) >= 11 is 0. The lowest BCUT2D eigenvalue weighted by molar-refractivity contribution is -0.161. The summed E-state index contributed by atoms with van der Waals surface area (Å²) in [6.07, 6.45) is 35.6. The van der Waals surface area contributed by atoms with Crippen LogP contribution in [0.5, 0.6) is 0 Å². The third-order valence-electron chi connectivity index (χ3n) is 13.1. The highest BCUT2D eigenvalue weighted by molar-refractivity contribution is 5.77. The van der Waals surface area contributed by atoms with Crippen LogP contribution in [0.1, 0.15) is 253 Å². The molecule has 0 spiro atoms. The number of hydrogen-bond acceptors (Lipinski definition) is 10.